The topological polar surface area (TPSA) is 99.5 Å². The van der Waals surface area contributed by atoms with Crippen molar-refractivity contribution in [3.8, 4) is 5.75 Å². The molecule has 0 saturated heterocycles. The van der Waals surface area contributed by atoms with Crippen LogP contribution in [0.5, 0.6) is 5.75 Å². The van der Waals surface area contributed by atoms with Gasteiger partial charge in [-0.25, -0.2) is 9.78 Å². The molecule has 7 heteroatoms. The van der Waals surface area contributed by atoms with Crippen molar-refractivity contribution in [2.45, 2.75) is 0 Å². The molecule has 102 valence electrons. The summed E-state index contributed by atoms with van der Waals surface area (Å²) in [5.74, 6) is -1.79. The van der Waals surface area contributed by atoms with Gasteiger partial charge in [-0.15, -0.1) is 0 Å². The number of hydrogen-bond donors (Lipinski definition) is 3. The first-order valence-corrected chi connectivity index (χ1v) is 6.26. The van der Waals surface area contributed by atoms with Gasteiger partial charge in [-0.3, -0.25) is 4.79 Å². The smallest absolute Gasteiger partial charge is 0.335 e. The summed E-state index contributed by atoms with van der Waals surface area (Å²) in [5, 5.41) is 21.0. The van der Waals surface area contributed by atoms with Crippen molar-refractivity contribution in [3.63, 3.8) is 0 Å². The van der Waals surface area contributed by atoms with Gasteiger partial charge in [-0.2, -0.15) is 0 Å². The Morgan fingerprint density at radius 1 is 1.20 bits per heavy atom. The molecule has 0 aliphatic rings. The van der Waals surface area contributed by atoms with Crippen molar-refractivity contribution >= 4 is 33.6 Å². The van der Waals surface area contributed by atoms with Crippen molar-refractivity contribution in [2.75, 3.05) is 5.32 Å². The van der Waals surface area contributed by atoms with E-state index in [1.54, 1.807) is 6.07 Å². The van der Waals surface area contributed by atoms with Crippen LogP contribution in [0.4, 0.5) is 5.82 Å². The number of nitrogens with zero attached hydrogens (tertiary/aromatic N) is 1. The fourth-order valence-corrected chi connectivity index (χ4v) is 1.86. The normalized spacial score (nSPS) is 10.1. The van der Waals surface area contributed by atoms with Gasteiger partial charge in [0.2, 0.25) is 0 Å². The van der Waals surface area contributed by atoms with Crippen LogP contribution >= 0.6 is 15.9 Å². The highest BCUT2D eigenvalue weighted by Gasteiger charge is 2.13. The molecule has 0 fully saturated rings. The molecule has 0 bridgehead atoms. The lowest BCUT2D eigenvalue weighted by atomic mass is 10.2. The highest BCUT2D eigenvalue weighted by atomic mass is 79.9. The lowest BCUT2D eigenvalue weighted by Crippen LogP contribution is -2.13. The predicted molar refractivity (Wildman–Crippen MR) is 75.0 cm³/mol. The van der Waals surface area contributed by atoms with Gasteiger partial charge in [0, 0.05) is 10.7 Å². The Morgan fingerprint density at radius 3 is 2.60 bits per heavy atom. The predicted octanol–water partition coefficient (Wildman–Crippen LogP) is 2.50. The quantitative estimate of drug-likeness (QED) is 0.799. The second kappa shape index (κ2) is 5.70. The van der Waals surface area contributed by atoms with Crippen molar-refractivity contribution in [1.82, 2.24) is 4.98 Å². The molecule has 2 aromatic rings. The van der Waals surface area contributed by atoms with Gasteiger partial charge in [0.25, 0.3) is 5.91 Å². The van der Waals surface area contributed by atoms with Gasteiger partial charge < -0.3 is 15.5 Å². The standard InChI is InChI=1S/C13H9BrN2O4/c14-8-1-2-9(10(17)6-8)12(18)16-11-5-7(13(19)20)3-4-15-11/h1-6,17H,(H,19,20)(H,15,16,18). The summed E-state index contributed by atoms with van der Waals surface area (Å²) in [5.41, 5.74) is 0.0751. The molecular formula is C13H9BrN2O4. The number of carbonyl (C=O) groups excluding carboxylic acids is 1. The number of carbonyl (C=O) groups is 2. The van der Waals surface area contributed by atoms with Crippen LogP contribution in [-0.4, -0.2) is 27.1 Å². The first-order valence-electron chi connectivity index (χ1n) is 5.46. The molecule has 0 unspecified atom stereocenters. The number of anilines is 1. The summed E-state index contributed by atoms with van der Waals surface area (Å²) in [6.45, 7) is 0. The van der Waals surface area contributed by atoms with Crippen molar-refractivity contribution in [1.29, 1.82) is 0 Å². The highest BCUT2D eigenvalue weighted by Crippen LogP contribution is 2.23. The largest absolute Gasteiger partial charge is 0.507 e. The Kier molecular flexibility index (Phi) is 3.99. The molecule has 0 saturated carbocycles. The number of rotatable bonds is 3. The molecule has 1 heterocycles. The number of phenolic OH excluding ortho intramolecular Hbond substituents is 1. The van der Waals surface area contributed by atoms with E-state index in [2.05, 4.69) is 26.2 Å². The molecule has 0 spiro atoms. The average Bonchev–Trinajstić information content (AvgIpc) is 2.38. The Balaban J connectivity index is 2.23. The molecular weight excluding hydrogens is 328 g/mol. The van der Waals surface area contributed by atoms with E-state index in [0.29, 0.717) is 4.47 Å². The van der Waals surface area contributed by atoms with Gasteiger partial charge in [0.15, 0.2) is 0 Å². The van der Waals surface area contributed by atoms with Crippen LogP contribution in [0, 0.1) is 0 Å². The number of benzene rings is 1. The van der Waals surface area contributed by atoms with Crippen LogP contribution in [-0.2, 0) is 0 Å². The molecule has 0 aliphatic heterocycles. The number of aromatic carboxylic acids is 1. The third kappa shape index (κ3) is 3.12. The lowest BCUT2D eigenvalue weighted by molar-refractivity contribution is 0.0696. The Morgan fingerprint density at radius 2 is 1.95 bits per heavy atom. The van der Waals surface area contributed by atoms with Crippen LogP contribution in [0.15, 0.2) is 41.0 Å². The van der Waals surface area contributed by atoms with Gasteiger partial charge in [0.05, 0.1) is 11.1 Å². The molecule has 1 aromatic carbocycles. The van der Waals surface area contributed by atoms with Gasteiger partial charge >= 0.3 is 5.97 Å². The summed E-state index contributed by atoms with van der Waals surface area (Å²) in [4.78, 5) is 26.6. The molecule has 0 radical (unpaired) electrons. The van der Waals surface area contributed by atoms with Crippen LogP contribution in [0.3, 0.4) is 0 Å². The zero-order valence-corrected chi connectivity index (χ0v) is 11.6. The van der Waals surface area contributed by atoms with Crippen LogP contribution in [0.1, 0.15) is 20.7 Å². The number of aromatic hydroxyl groups is 1. The molecule has 0 aliphatic carbocycles. The van der Waals surface area contributed by atoms with Crippen molar-refractivity contribution in [2.24, 2.45) is 0 Å². The average molecular weight is 337 g/mol. The van der Waals surface area contributed by atoms with E-state index in [-0.39, 0.29) is 22.7 Å². The summed E-state index contributed by atoms with van der Waals surface area (Å²) in [6.07, 6.45) is 1.28. The summed E-state index contributed by atoms with van der Waals surface area (Å²) < 4.78 is 0.637. The van der Waals surface area contributed by atoms with E-state index in [4.69, 9.17) is 5.11 Å². The third-order valence-corrected chi connectivity index (χ3v) is 2.95. The molecule has 3 N–H and O–H groups in total. The van der Waals surface area contributed by atoms with Crippen LogP contribution < -0.4 is 5.32 Å². The zero-order valence-electron chi connectivity index (χ0n) is 10.0. The van der Waals surface area contributed by atoms with Crippen LogP contribution in [0.2, 0.25) is 0 Å². The number of pyridine rings is 1. The number of amides is 1. The molecule has 1 aromatic heterocycles. The number of phenols is 1. The van der Waals surface area contributed by atoms with Crippen LogP contribution in [0.25, 0.3) is 0 Å². The summed E-state index contributed by atoms with van der Waals surface area (Å²) >= 11 is 3.17. The Bertz CT molecular complexity index is 688. The van der Waals surface area contributed by atoms with Gasteiger partial charge in [-0.05, 0) is 30.3 Å². The Hall–Kier alpha value is -2.41. The van der Waals surface area contributed by atoms with E-state index >= 15 is 0 Å². The minimum absolute atomic E-state index is 0.00956. The van der Waals surface area contributed by atoms with Gasteiger partial charge in [-0.1, -0.05) is 15.9 Å². The number of nitrogens with one attached hydrogen (secondary N) is 1. The summed E-state index contributed by atoms with van der Waals surface area (Å²) in [7, 11) is 0. The second-order valence-corrected chi connectivity index (χ2v) is 4.77. The first-order chi connectivity index (χ1) is 9.47. The fraction of sp³-hybridized carbons (Fsp3) is 0. The third-order valence-electron chi connectivity index (χ3n) is 2.45. The lowest BCUT2D eigenvalue weighted by Gasteiger charge is -2.07. The van der Waals surface area contributed by atoms with E-state index in [1.807, 2.05) is 0 Å². The zero-order chi connectivity index (χ0) is 14.7. The number of aromatic nitrogens is 1. The summed E-state index contributed by atoms with van der Waals surface area (Å²) in [6, 6.07) is 6.98. The number of carboxylic acids is 1. The molecule has 20 heavy (non-hydrogen) atoms. The van der Waals surface area contributed by atoms with E-state index in [1.165, 1.54) is 30.5 Å². The van der Waals surface area contributed by atoms with E-state index < -0.39 is 11.9 Å². The maximum atomic E-state index is 12.0. The SMILES string of the molecule is O=C(O)c1ccnc(NC(=O)c2ccc(Br)cc2O)c1. The van der Waals surface area contributed by atoms with Gasteiger partial charge in [0.1, 0.15) is 11.6 Å². The molecule has 6 nitrogen and oxygen atoms in total. The monoisotopic (exact) mass is 336 g/mol. The Labute approximate surface area is 122 Å². The number of carboxylic acid groups (broad SMARTS) is 1. The first kappa shape index (κ1) is 14.0. The second-order valence-electron chi connectivity index (χ2n) is 3.85. The number of halogens is 1. The maximum absolute atomic E-state index is 12.0. The molecule has 1 amide bonds. The van der Waals surface area contributed by atoms with Crippen molar-refractivity contribution < 1.29 is 19.8 Å². The maximum Gasteiger partial charge on any atom is 0.335 e. The number of hydrogen-bond acceptors (Lipinski definition) is 4. The minimum Gasteiger partial charge on any atom is -0.507 e. The van der Waals surface area contributed by atoms with E-state index in [9.17, 15) is 14.7 Å². The molecule has 2 rings (SSSR count). The fourth-order valence-electron chi connectivity index (χ4n) is 1.51. The van der Waals surface area contributed by atoms with E-state index in [0.717, 1.165) is 0 Å². The minimum atomic E-state index is -1.12. The van der Waals surface area contributed by atoms with Crippen molar-refractivity contribution in [3.05, 3.63) is 52.1 Å². The molecule has 0 atom stereocenters. The highest BCUT2D eigenvalue weighted by molar-refractivity contribution is 9.10.